The zero-order valence-corrected chi connectivity index (χ0v) is 10.0. The monoisotopic (exact) mass is 197 g/mol. The smallest absolute Gasteiger partial charge is 0.102 e. The van der Waals surface area contributed by atoms with E-state index in [1.807, 2.05) is 0 Å². The number of rotatable bonds is 5. The first-order valence-electron chi connectivity index (χ1n) is 5.26. The number of hydrogen-bond acceptors (Lipinski definition) is 3. The van der Waals surface area contributed by atoms with Crippen LogP contribution in [-0.4, -0.2) is 29.6 Å². The van der Waals surface area contributed by atoms with Crippen molar-refractivity contribution in [2.45, 2.75) is 58.2 Å². The maximum absolute atomic E-state index is 8.83. The average Bonchev–Trinajstić information content (AvgIpc) is 2.14. The summed E-state index contributed by atoms with van der Waals surface area (Å²) < 4.78 is 0. The van der Waals surface area contributed by atoms with Gasteiger partial charge in [-0.3, -0.25) is 0 Å². The van der Waals surface area contributed by atoms with Crippen LogP contribution in [0.5, 0.6) is 0 Å². The van der Waals surface area contributed by atoms with Crippen molar-refractivity contribution in [3.63, 3.8) is 0 Å². The Balaban J connectivity index is 4.22. The van der Waals surface area contributed by atoms with Gasteiger partial charge in [0.15, 0.2) is 0 Å². The minimum atomic E-state index is -0.707. The van der Waals surface area contributed by atoms with E-state index in [4.69, 9.17) is 11.0 Å². The molecule has 0 aromatic carbocycles. The first-order valence-corrected chi connectivity index (χ1v) is 5.26. The van der Waals surface area contributed by atoms with E-state index in [0.717, 1.165) is 6.42 Å². The summed E-state index contributed by atoms with van der Waals surface area (Å²) in [5.74, 6) is 0. The van der Waals surface area contributed by atoms with Gasteiger partial charge in [-0.25, -0.2) is 0 Å². The molecule has 3 nitrogen and oxygen atoms in total. The Morgan fingerprint density at radius 1 is 1.43 bits per heavy atom. The average molecular weight is 197 g/mol. The van der Waals surface area contributed by atoms with E-state index in [0.29, 0.717) is 18.5 Å². The topological polar surface area (TPSA) is 53.0 Å². The molecule has 82 valence electrons. The lowest BCUT2D eigenvalue weighted by molar-refractivity contribution is 0.170. The van der Waals surface area contributed by atoms with Gasteiger partial charge in [-0.15, -0.1) is 0 Å². The highest BCUT2D eigenvalue weighted by Gasteiger charge is 2.24. The number of hydrogen-bond donors (Lipinski definition) is 1. The van der Waals surface area contributed by atoms with Crippen molar-refractivity contribution >= 4 is 0 Å². The van der Waals surface area contributed by atoms with Crippen molar-refractivity contribution in [1.82, 2.24) is 4.90 Å². The molecule has 2 N–H and O–H groups in total. The number of nitrogens with zero attached hydrogens (tertiary/aromatic N) is 2. The van der Waals surface area contributed by atoms with Gasteiger partial charge in [-0.1, -0.05) is 6.92 Å². The third-order valence-corrected chi connectivity index (χ3v) is 2.96. The molecule has 0 saturated carbocycles. The van der Waals surface area contributed by atoms with Crippen molar-refractivity contribution in [2.75, 3.05) is 7.05 Å². The van der Waals surface area contributed by atoms with E-state index < -0.39 is 5.54 Å². The predicted molar refractivity (Wildman–Crippen MR) is 59.8 cm³/mol. The van der Waals surface area contributed by atoms with Crippen molar-refractivity contribution in [2.24, 2.45) is 5.73 Å². The second kappa shape index (κ2) is 5.33. The molecular weight excluding hydrogens is 174 g/mol. The van der Waals surface area contributed by atoms with E-state index in [1.165, 1.54) is 0 Å². The molecular formula is C11H23N3. The first-order chi connectivity index (χ1) is 6.34. The van der Waals surface area contributed by atoms with Gasteiger partial charge in [0, 0.05) is 12.1 Å². The minimum Gasteiger partial charge on any atom is -0.314 e. The van der Waals surface area contributed by atoms with Crippen molar-refractivity contribution in [1.29, 1.82) is 5.26 Å². The molecule has 3 heteroatoms. The van der Waals surface area contributed by atoms with Crippen LogP contribution in [0.3, 0.4) is 0 Å². The Labute approximate surface area is 87.9 Å². The van der Waals surface area contributed by atoms with Crippen molar-refractivity contribution in [3.8, 4) is 6.07 Å². The van der Waals surface area contributed by atoms with Crippen LogP contribution in [0.15, 0.2) is 0 Å². The molecule has 0 aliphatic carbocycles. The summed E-state index contributed by atoms with van der Waals surface area (Å²) in [5.41, 5.74) is 5.10. The quantitative estimate of drug-likeness (QED) is 0.730. The van der Waals surface area contributed by atoms with Crippen molar-refractivity contribution in [3.05, 3.63) is 0 Å². The van der Waals surface area contributed by atoms with Gasteiger partial charge in [0.25, 0.3) is 0 Å². The summed E-state index contributed by atoms with van der Waals surface area (Å²) in [7, 11) is 2.09. The summed E-state index contributed by atoms with van der Waals surface area (Å²) in [5, 5.41) is 8.83. The first kappa shape index (κ1) is 13.4. The van der Waals surface area contributed by atoms with E-state index in [1.54, 1.807) is 6.92 Å². The maximum Gasteiger partial charge on any atom is 0.102 e. The molecule has 0 saturated heterocycles. The van der Waals surface area contributed by atoms with E-state index in [2.05, 4.69) is 38.8 Å². The summed E-state index contributed by atoms with van der Waals surface area (Å²) in [6, 6.07) is 3.02. The third-order valence-electron chi connectivity index (χ3n) is 2.96. The minimum absolute atomic E-state index is 0.347. The molecule has 3 unspecified atom stereocenters. The maximum atomic E-state index is 8.83. The standard InChI is InChI=1S/C11H23N3/c1-6-9(2)14(5)10(3)7-11(4,13)8-12/h9-10H,6-7,13H2,1-5H3. The Kier molecular flexibility index (Phi) is 5.11. The molecule has 14 heavy (non-hydrogen) atoms. The van der Waals surface area contributed by atoms with Gasteiger partial charge in [-0.2, -0.15) is 5.26 Å². The van der Waals surface area contributed by atoms with Gasteiger partial charge in [0.2, 0.25) is 0 Å². The van der Waals surface area contributed by atoms with Crippen LogP contribution in [0.1, 0.15) is 40.5 Å². The van der Waals surface area contributed by atoms with Gasteiger partial charge in [0.1, 0.15) is 5.54 Å². The molecule has 0 aromatic rings. The van der Waals surface area contributed by atoms with Crippen LogP contribution in [0.4, 0.5) is 0 Å². The lowest BCUT2D eigenvalue weighted by Gasteiger charge is -2.33. The molecule has 0 aromatic heterocycles. The summed E-state index contributed by atoms with van der Waals surface area (Å²) in [6.07, 6.45) is 1.83. The highest BCUT2D eigenvalue weighted by molar-refractivity contribution is 5.02. The van der Waals surface area contributed by atoms with E-state index >= 15 is 0 Å². The largest absolute Gasteiger partial charge is 0.314 e. The predicted octanol–water partition coefficient (Wildman–Crippen LogP) is 1.74. The highest BCUT2D eigenvalue weighted by atomic mass is 15.1. The van der Waals surface area contributed by atoms with Crippen LogP contribution < -0.4 is 5.73 Å². The normalized spacial score (nSPS) is 19.9. The summed E-state index contributed by atoms with van der Waals surface area (Å²) in [4.78, 5) is 2.28. The second-order valence-corrected chi connectivity index (χ2v) is 4.51. The van der Waals surface area contributed by atoms with E-state index in [-0.39, 0.29) is 0 Å². The van der Waals surface area contributed by atoms with Gasteiger partial charge in [-0.05, 0) is 40.7 Å². The molecule has 3 atom stereocenters. The molecule has 0 rings (SSSR count). The molecule has 0 radical (unpaired) electrons. The van der Waals surface area contributed by atoms with Crippen molar-refractivity contribution < 1.29 is 0 Å². The Bertz CT molecular complexity index is 205. The fourth-order valence-corrected chi connectivity index (χ4v) is 1.53. The molecule has 0 heterocycles. The molecule has 0 amide bonds. The number of nitriles is 1. The van der Waals surface area contributed by atoms with Crippen LogP contribution in [0, 0.1) is 11.3 Å². The van der Waals surface area contributed by atoms with Crippen LogP contribution in [0.2, 0.25) is 0 Å². The lowest BCUT2D eigenvalue weighted by Crippen LogP contribution is -2.45. The number of nitrogens with two attached hydrogens (primary N) is 1. The SMILES string of the molecule is CCC(C)N(C)C(C)CC(C)(N)C#N. The molecule has 0 spiro atoms. The van der Waals surface area contributed by atoms with E-state index in [9.17, 15) is 0 Å². The Hall–Kier alpha value is -0.590. The zero-order chi connectivity index (χ0) is 11.4. The van der Waals surface area contributed by atoms with Crippen LogP contribution >= 0.6 is 0 Å². The fourth-order valence-electron chi connectivity index (χ4n) is 1.53. The molecule has 0 bridgehead atoms. The van der Waals surface area contributed by atoms with Crippen LogP contribution in [0.25, 0.3) is 0 Å². The van der Waals surface area contributed by atoms with Gasteiger partial charge < -0.3 is 10.6 Å². The third kappa shape index (κ3) is 4.08. The highest BCUT2D eigenvalue weighted by Crippen LogP contribution is 2.15. The summed E-state index contributed by atoms with van der Waals surface area (Å²) >= 11 is 0. The summed E-state index contributed by atoms with van der Waals surface area (Å²) in [6.45, 7) is 8.26. The second-order valence-electron chi connectivity index (χ2n) is 4.51. The zero-order valence-electron chi connectivity index (χ0n) is 10.0. The molecule has 0 aliphatic heterocycles. The lowest BCUT2D eigenvalue weighted by atomic mass is 9.95. The van der Waals surface area contributed by atoms with Crippen LogP contribution in [-0.2, 0) is 0 Å². The Morgan fingerprint density at radius 2 is 1.93 bits per heavy atom. The van der Waals surface area contributed by atoms with Gasteiger partial charge >= 0.3 is 0 Å². The Morgan fingerprint density at radius 3 is 2.29 bits per heavy atom. The fraction of sp³-hybridized carbons (Fsp3) is 0.909. The molecule has 0 aliphatic rings. The molecule has 0 fully saturated rings. The van der Waals surface area contributed by atoms with Gasteiger partial charge in [0.05, 0.1) is 6.07 Å².